The minimum Gasteiger partial charge on any atom is -0.383 e. The first-order valence-electron chi connectivity index (χ1n) is 9.82. The van der Waals surface area contributed by atoms with Crippen LogP contribution in [0.15, 0.2) is 73.3 Å². The van der Waals surface area contributed by atoms with Crippen LogP contribution in [0.4, 0.5) is 11.6 Å². The summed E-state index contributed by atoms with van der Waals surface area (Å²) in [5.74, 6) is 1.64. The van der Waals surface area contributed by atoms with Crippen LogP contribution < -0.4 is 11.1 Å². The highest BCUT2D eigenvalue weighted by Crippen LogP contribution is 2.30. The third-order valence-corrected chi connectivity index (χ3v) is 4.91. The maximum Gasteiger partial charge on any atom is 0.164 e. The standard InChI is InChI=1S/C23H17N9/c24-11-16-13-26-14-20(30-16)29-12-15-5-7-17(8-6-15)32-22(18-3-1-9-27-21(18)25)31-19-4-2-10-28-23(19)32/h1-10,13-14H,12H2,(H2,25,27)(H,29,30). The first-order valence-corrected chi connectivity index (χ1v) is 9.82. The van der Waals surface area contributed by atoms with Gasteiger partial charge in [-0.2, -0.15) is 5.26 Å². The fraction of sp³-hybridized carbons (Fsp3) is 0.0435. The number of nitrogens with zero attached hydrogens (tertiary/aromatic N) is 7. The van der Waals surface area contributed by atoms with Gasteiger partial charge in [0, 0.05) is 24.6 Å². The fourth-order valence-electron chi connectivity index (χ4n) is 3.40. The van der Waals surface area contributed by atoms with Gasteiger partial charge >= 0.3 is 0 Å². The van der Waals surface area contributed by atoms with E-state index < -0.39 is 0 Å². The topological polar surface area (TPSA) is 131 Å². The molecule has 1 aromatic carbocycles. The molecule has 9 nitrogen and oxygen atoms in total. The van der Waals surface area contributed by atoms with Crippen LogP contribution in [0.25, 0.3) is 28.2 Å². The highest BCUT2D eigenvalue weighted by atomic mass is 15.1. The highest BCUT2D eigenvalue weighted by molar-refractivity contribution is 5.82. The molecule has 0 amide bonds. The lowest BCUT2D eigenvalue weighted by atomic mass is 10.2. The quantitative estimate of drug-likeness (QED) is 0.443. The van der Waals surface area contributed by atoms with E-state index in [2.05, 4.69) is 25.3 Å². The molecule has 0 saturated carbocycles. The summed E-state index contributed by atoms with van der Waals surface area (Å²) in [6.07, 6.45) is 6.41. The molecule has 5 rings (SSSR count). The molecule has 0 unspecified atom stereocenters. The molecule has 5 aromatic rings. The van der Waals surface area contributed by atoms with Gasteiger partial charge in [0.15, 0.2) is 17.2 Å². The Bertz CT molecular complexity index is 1450. The molecule has 0 atom stereocenters. The number of imidazole rings is 1. The van der Waals surface area contributed by atoms with Crippen molar-refractivity contribution in [2.45, 2.75) is 6.54 Å². The van der Waals surface area contributed by atoms with Gasteiger partial charge in [0.2, 0.25) is 0 Å². The number of anilines is 2. The van der Waals surface area contributed by atoms with Crippen molar-refractivity contribution < 1.29 is 0 Å². The minimum atomic E-state index is 0.270. The number of nitrogens with two attached hydrogens (primary N) is 1. The molecule has 0 bridgehead atoms. The van der Waals surface area contributed by atoms with Crippen LogP contribution in [0.3, 0.4) is 0 Å². The molecule has 154 valence electrons. The second kappa shape index (κ2) is 8.12. The van der Waals surface area contributed by atoms with Crippen LogP contribution in [0, 0.1) is 11.3 Å². The van der Waals surface area contributed by atoms with Gasteiger partial charge < -0.3 is 11.1 Å². The lowest BCUT2D eigenvalue weighted by Gasteiger charge is -2.11. The lowest BCUT2D eigenvalue weighted by Crippen LogP contribution is -2.04. The van der Waals surface area contributed by atoms with Crippen LogP contribution in [0.5, 0.6) is 0 Å². The van der Waals surface area contributed by atoms with E-state index in [-0.39, 0.29) is 5.69 Å². The molecule has 32 heavy (non-hydrogen) atoms. The number of nitrogen functional groups attached to an aromatic ring is 1. The third-order valence-electron chi connectivity index (χ3n) is 4.91. The largest absolute Gasteiger partial charge is 0.383 e. The molecule has 4 aromatic heterocycles. The Hall–Kier alpha value is -4.84. The van der Waals surface area contributed by atoms with E-state index in [1.165, 1.54) is 6.20 Å². The molecule has 9 heteroatoms. The smallest absolute Gasteiger partial charge is 0.164 e. The molecule has 0 fully saturated rings. The lowest BCUT2D eigenvalue weighted by molar-refractivity contribution is 1.05. The summed E-state index contributed by atoms with van der Waals surface area (Å²) in [5, 5.41) is 12.1. The molecule has 0 aliphatic rings. The van der Waals surface area contributed by atoms with Gasteiger partial charge in [0.25, 0.3) is 0 Å². The van der Waals surface area contributed by atoms with E-state index in [0.29, 0.717) is 24.0 Å². The molecule has 4 heterocycles. The van der Waals surface area contributed by atoms with Crippen LogP contribution in [0.2, 0.25) is 0 Å². The number of hydrogen-bond acceptors (Lipinski definition) is 8. The summed E-state index contributed by atoms with van der Waals surface area (Å²) in [7, 11) is 0. The molecular weight excluding hydrogens is 402 g/mol. The Morgan fingerprint density at radius 1 is 0.969 bits per heavy atom. The van der Waals surface area contributed by atoms with E-state index in [0.717, 1.165) is 28.0 Å². The van der Waals surface area contributed by atoms with E-state index in [1.807, 2.05) is 59.2 Å². The highest BCUT2D eigenvalue weighted by Gasteiger charge is 2.17. The van der Waals surface area contributed by atoms with Crippen LogP contribution in [0.1, 0.15) is 11.3 Å². The maximum absolute atomic E-state index is 8.96. The van der Waals surface area contributed by atoms with Gasteiger partial charge in [-0.15, -0.1) is 0 Å². The van der Waals surface area contributed by atoms with E-state index in [1.54, 1.807) is 18.6 Å². The van der Waals surface area contributed by atoms with Crippen molar-refractivity contribution in [1.29, 1.82) is 5.26 Å². The SMILES string of the molecule is N#Cc1cncc(NCc2ccc(-n3c(-c4cccnc4N)nc4cccnc43)cc2)n1. The third kappa shape index (κ3) is 3.57. The van der Waals surface area contributed by atoms with Gasteiger partial charge in [0.1, 0.15) is 23.2 Å². The zero-order valence-electron chi connectivity index (χ0n) is 16.8. The summed E-state index contributed by atoms with van der Waals surface area (Å²) >= 11 is 0. The second-order valence-corrected chi connectivity index (χ2v) is 6.97. The van der Waals surface area contributed by atoms with E-state index in [4.69, 9.17) is 16.0 Å². The summed E-state index contributed by atoms with van der Waals surface area (Å²) in [6.45, 7) is 0.537. The summed E-state index contributed by atoms with van der Waals surface area (Å²) in [5.41, 5.74) is 10.6. The first kappa shape index (κ1) is 19.1. The number of nitrogens with one attached hydrogen (secondary N) is 1. The van der Waals surface area contributed by atoms with Gasteiger partial charge in [-0.1, -0.05) is 12.1 Å². The number of benzene rings is 1. The Labute approximate surface area is 183 Å². The van der Waals surface area contributed by atoms with E-state index >= 15 is 0 Å². The predicted octanol–water partition coefficient (Wildman–Crippen LogP) is 3.34. The predicted molar refractivity (Wildman–Crippen MR) is 121 cm³/mol. The first-order chi connectivity index (χ1) is 15.7. The van der Waals surface area contributed by atoms with Crippen LogP contribution in [-0.4, -0.2) is 29.5 Å². The average molecular weight is 419 g/mol. The number of rotatable bonds is 5. The zero-order valence-corrected chi connectivity index (χ0v) is 16.8. The van der Waals surface area contributed by atoms with Gasteiger partial charge in [-0.25, -0.2) is 19.9 Å². The summed E-state index contributed by atoms with van der Waals surface area (Å²) in [4.78, 5) is 21.7. The van der Waals surface area contributed by atoms with Gasteiger partial charge in [-0.05, 0) is 42.0 Å². The monoisotopic (exact) mass is 419 g/mol. The molecular formula is C23H17N9. The molecule has 0 spiro atoms. The number of aromatic nitrogens is 6. The molecule has 0 aliphatic carbocycles. The normalized spacial score (nSPS) is 10.7. The Morgan fingerprint density at radius 2 is 1.78 bits per heavy atom. The van der Waals surface area contributed by atoms with Crippen molar-refractivity contribution >= 4 is 22.8 Å². The Kier molecular flexibility index (Phi) is 4.86. The number of fused-ring (bicyclic) bond motifs is 1. The molecule has 0 aliphatic heterocycles. The second-order valence-electron chi connectivity index (χ2n) is 6.97. The van der Waals surface area contributed by atoms with Crippen LogP contribution >= 0.6 is 0 Å². The number of hydrogen-bond donors (Lipinski definition) is 2. The van der Waals surface area contributed by atoms with Crippen molar-refractivity contribution in [3.63, 3.8) is 0 Å². The van der Waals surface area contributed by atoms with E-state index in [9.17, 15) is 0 Å². The van der Waals surface area contributed by atoms with Crippen molar-refractivity contribution in [3.8, 4) is 23.1 Å². The zero-order chi connectivity index (χ0) is 21.9. The molecule has 0 saturated heterocycles. The maximum atomic E-state index is 8.96. The average Bonchev–Trinajstić information content (AvgIpc) is 3.23. The number of nitriles is 1. The summed E-state index contributed by atoms with van der Waals surface area (Å²) in [6, 6.07) is 17.5. The van der Waals surface area contributed by atoms with Crippen molar-refractivity contribution in [1.82, 2.24) is 29.5 Å². The molecule has 0 radical (unpaired) electrons. The van der Waals surface area contributed by atoms with Gasteiger partial charge in [0.05, 0.1) is 18.0 Å². The van der Waals surface area contributed by atoms with Crippen molar-refractivity contribution in [2.75, 3.05) is 11.1 Å². The molecule has 3 N–H and O–H groups in total. The Morgan fingerprint density at radius 3 is 2.59 bits per heavy atom. The Balaban J connectivity index is 1.49. The fourth-order valence-corrected chi connectivity index (χ4v) is 3.40. The summed E-state index contributed by atoms with van der Waals surface area (Å²) < 4.78 is 1.97. The van der Waals surface area contributed by atoms with Crippen LogP contribution in [-0.2, 0) is 6.54 Å². The van der Waals surface area contributed by atoms with Crippen molar-refractivity contribution in [2.24, 2.45) is 0 Å². The van der Waals surface area contributed by atoms with Gasteiger partial charge in [-0.3, -0.25) is 9.55 Å². The minimum absolute atomic E-state index is 0.270. The van der Waals surface area contributed by atoms with Crippen molar-refractivity contribution in [3.05, 3.63) is 84.6 Å². The number of pyridine rings is 2.